The van der Waals surface area contributed by atoms with Gasteiger partial charge in [0.2, 0.25) is 0 Å². The minimum absolute atomic E-state index is 0.359. The average Bonchev–Trinajstić information content (AvgIpc) is 2.88. The van der Waals surface area contributed by atoms with Crippen LogP contribution in [0.25, 0.3) is 0 Å². The first-order valence-electron chi connectivity index (χ1n) is 7.13. The molecule has 1 aromatic carbocycles. The van der Waals surface area contributed by atoms with Crippen molar-refractivity contribution in [2.45, 2.75) is 45.3 Å². The van der Waals surface area contributed by atoms with Crippen LogP contribution in [0.5, 0.6) is 5.75 Å². The smallest absolute Gasteiger partial charge is 0.428 e. The molecule has 22 heavy (non-hydrogen) atoms. The summed E-state index contributed by atoms with van der Waals surface area (Å²) >= 11 is 0. The zero-order chi connectivity index (χ0) is 16.3. The summed E-state index contributed by atoms with van der Waals surface area (Å²) in [6.45, 7) is 5.54. The quantitative estimate of drug-likeness (QED) is 0.784. The molecular formula is C16H19FO5. The Morgan fingerprint density at radius 2 is 2.09 bits per heavy atom. The molecule has 0 radical (unpaired) electrons. The molecule has 1 heterocycles. The third-order valence-electron chi connectivity index (χ3n) is 3.06. The first-order chi connectivity index (χ1) is 10.3. The highest BCUT2D eigenvalue weighted by Gasteiger charge is 2.26. The lowest BCUT2D eigenvalue weighted by Gasteiger charge is -2.19. The van der Waals surface area contributed by atoms with E-state index in [0.717, 1.165) is 12.5 Å². The number of halogens is 1. The van der Waals surface area contributed by atoms with Gasteiger partial charge in [0.1, 0.15) is 5.60 Å². The molecule has 0 spiro atoms. The summed E-state index contributed by atoms with van der Waals surface area (Å²) in [5.74, 6) is -1.37. The highest BCUT2D eigenvalue weighted by Crippen LogP contribution is 2.33. The van der Waals surface area contributed by atoms with E-state index in [1.807, 2.05) is 0 Å². The molecule has 1 aromatic rings. The van der Waals surface area contributed by atoms with Crippen LogP contribution in [0.15, 0.2) is 23.0 Å². The van der Waals surface area contributed by atoms with Crippen molar-refractivity contribution in [3.8, 4) is 5.75 Å². The summed E-state index contributed by atoms with van der Waals surface area (Å²) in [5, 5.41) is 0. The minimum Gasteiger partial charge on any atom is -0.428 e. The van der Waals surface area contributed by atoms with Gasteiger partial charge in [-0.1, -0.05) is 12.1 Å². The number of hydrogen-bond donors (Lipinski definition) is 0. The molecule has 5 nitrogen and oxygen atoms in total. The Morgan fingerprint density at radius 1 is 1.36 bits per heavy atom. The zero-order valence-electron chi connectivity index (χ0n) is 12.8. The molecule has 1 aliphatic rings. The normalized spacial score (nSPS) is 18.1. The van der Waals surface area contributed by atoms with Crippen molar-refractivity contribution in [1.29, 1.82) is 0 Å². The lowest BCUT2D eigenvalue weighted by atomic mass is 10.1. The van der Waals surface area contributed by atoms with Gasteiger partial charge < -0.3 is 14.2 Å². The maximum absolute atomic E-state index is 13.7. The van der Waals surface area contributed by atoms with Crippen LogP contribution in [0.2, 0.25) is 0 Å². The fourth-order valence-corrected chi connectivity index (χ4v) is 2.16. The van der Waals surface area contributed by atoms with E-state index in [0.29, 0.717) is 18.6 Å². The number of ether oxygens (including phenoxy) is 3. The highest BCUT2D eigenvalue weighted by molar-refractivity contribution is 5.65. The van der Waals surface area contributed by atoms with Crippen molar-refractivity contribution in [2.24, 2.45) is 0 Å². The van der Waals surface area contributed by atoms with Crippen molar-refractivity contribution in [3.63, 3.8) is 0 Å². The average molecular weight is 310 g/mol. The summed E-state index contributed by atoms with van der Waals surface area (Å²) < 4.78 is 29.2. The monoisotopic (exact) mass is 310 g/mol. The number of carbonyl (C=O) groups is 1. The maximum Gasteiger partial charge on any atom is 0.514 e. The Morgan fingerprint density at radius 3 is 2.68 bits per heavy atom. The van der Waals surface area contributed by atoms with Crippen LogP contribution >= 0.6 is 0 Å². The number of rotatable bonds is 2. The van der Waals surface area contributed by atoms with Crippen LogP contribution < -0.4 is 10.2 Å². The fraction of sp³-hybridized carbons (Fsp3) is 0.500. The van der Waals surface area contributed by atoms with Crippen molar-refractivity contribution in [2.75, 3.05) is 6.61 Å². The van der Waals surface area contributed by atoms with Gasteiger partial charge >= 0.3 is 6.16 Å². The fourth-order valence-electron chi connectivity index (χ4n) is 2.16. The Balaban J connectivity index is 2.39. The second kappa shape index (κ2) is 6.44. The highest BCUT2D eigenvalue weighted by atomic mass is 19.1. The summed E-state index contributed by atoms with van der Waals surface area (Å²) in [6, 6.07) is 3.96. The van der Waals surface area contributed by atoms with E-state index in [2.05, 4.69) is 0 Å². The van der Waals surface area contributed by atoms with E-state index < -0.39 is 29.1 Å². The molecule has 0 aromatic heterocycles. The third kappa shape index (κ3) is 4.04. The van der Waals surface area contributed by atoms with Gasteiger partial charge in [-0.05, 0) is 39.7 Å². The van der Waals surface area contributed by atoms with E-state index in [1.165, 1.54) is 12.1 Å². The summed E-state index contributed by atoms with van der Waals surface area (Å²) in [7, 11) is 0. The molecule has 2 rings (SSSR count). The van der Waals surface area contributed by atoms with Crippen LogP contribution in [0.3, 0.4) is 0 Å². The van der Waals surface area contributed by atoms with Gasteiger partial charge in [-0.25, -0.2) is 9.18 Å². The van der Waals surface area contributed by atoms with Crippen LogP contribution in [0.1, 0.15) is 45.3 Å². The summed E-state index contributed by atoms with van der Waals surface area (Å²) in [4.78, 5) is 23.9. The third-order valence-corrected chi connectivity index (χ3v) is 3.06. The molecule has 0 N–H and O–H groups in total. The molecule has 1 atom stereocenters. The Kier molecular flexibility index (Phi) is 4.81. The lowest BCUT2D eigenvalue weighted by molar-refractivity contribution is 0.0194. The number of carbonyl (C=O) groups excluding carboxylic acids is 1. The Labute approximate surface area is 128 Å². The van der Waals surface area contributed by atoms with Gasteiger partial charge in [0.25, 0.3) is 5.43 Å². The molecule has 0 saturated carbocycles. The summed E-state index contributed by atoms with van der Waals surface area (Å²) in [5.41, 5.74) is -1.40. The molecule has 0 bridgehead atoms. The van der Waals surface area contributed by atoms with E-state index in [4.69, 9.17) is 14.2 Å². The molecule has 1 saturated heterocycles. The minimum atomic E-state index is -1.05. The maximum atomic E-state index is 13.7. The Bertz CT molecular complexity index is 615. The number of hydrogen-bond acceptors (Lipinski definition) is 5. The summed E-state index contributed by atoms with van der Waals surface area (Å²) in [6.07, 6.45) is 0.0630. The van der Waals surface area contributed by atoms with E-state index >= 15 is 0 Å². The molecule has 120 valence electrons. The lowest BCUT2D eigenvalue weighted by Crippen LogP contribution is -2.27. The largest absolute Gasteiger partial charge is 0.514 e. The predicted octanol–water partition coefficient (Wildman–Crippen LogP) is 3.35. The van der Waals surface area contributed by atoms with Gasteiger partial charge in [0.05, 0.1) is 6.10 Å². The SMILES string of the molecule is CC(C)(C)OC(=O)Oc1c(C2CCCO2)cccc(F)c1=O. The van der Waals surface area contributed by atoms with Crippen molar-refractivity contribution in [3.05, 3.63) is 39.8 Å². The van der Waals surface area contributed by atoms with Gasteiger partial charge in [0, 0.05) is 12.2 Å². The van der Waals surface area contributed by atoms with Crippen LogP contribution in [0.4, 0.5) is 9.18 Å². The van der Waals surface area contributed by atoms with E-state index in [-0.39, 0.29) is 5.75 Å². The van der Waals surface area contributed by atoms with E-state index in [1.54, 1.807) is 20.8 Å². The van der Waals surface area contributed by atoms with Crippen molar-refractivity contribution < 1.29 is 23.4 Å². The zero-order valence-corrected chi connectivity index (χ0v) is 12.8. The van der Waals surface area contributed by atoms with E-state index in [9.17, 15) is 14.0 Å². The standard InChI is InChI=1S/C16H19FO5/c1-16(2,3)22-15(19)21-14-10(12-8-5-9-20-12)6-4-7-11(17)13(14)18/h4,6-7,12H,5,8-9H2,1-3H3. The molecule has 1 aliphatic heterocycles. The molecular weight excluding hydrogens is 291 g/mol. The van der Waals surface area contributed by atoms with Crippen LogP contribution in [-0.4, -0.2) is 18.4 Å². The van der Waals surface area contributed by atoms with Gasteiger partial charge in [-0.2, -0.15) is 0 Å². The molecule has 0 amide bonds. The second-order valence-electron chi connectivity index (χ2n) is 6.06. The Hall–Kier alpha value is -1.95. The predicted molar refractivity (Wildman–Crippen MR) is 77.5 cm³/mol. The first kappa shape index (κ1) is 16.4. The van der Waals surface area contributed by atoms with Gasteiger partial charge in [-0.15, -0.1) is 0 Å². The van der Waals surface area contributed by atoms with Gasteiger partial charge in [-0.3, -0.25) is 4.79 Å². The van der Waals surface area contributed by atoms with Gasteiger partial charge in [0.15, 0.2) is 11.6 Å². The first-order valence-corrected chi connectivity index (χ1v) is 7.13. The van der Waals surface area contributed by atoms with Crippen LogP contribution in [-0.2, 0) is 9.47 Å². The molecule has 6 heteroatoms. The van der Waals surface area contributed by atoms with Crippen molar-refractivity contribution in [1.82, 2.24) is 0 Å². The van der Waals surface area contributed by atoms with Crippen molar-refractivity contribution >= 4 is 6.16 Å². The van der Waals surface area contributed by atoms with Crippen LogP contribution in [0, 0.1) is 5.82 Å². The molecule has 0 aliphatic carbocycles. The second-order valence-corrected chi connectivity index (χ2v) is 6.06. The molecule has 1 fully saturated rings. The topological polar surface area (TPSA) is 61.8 Å². The molecule has 1 unspecified atom stereocenters.